The van der Waals surface area contributed by atoms with E-state index in [4.69, 9.17) is 44.3 Å². The summed E-state index contributed by atoms with van der Waals surface area (Å²) in [5.41, 5.74) is 2.31. The van der Waals surface area contributed by atoms with Gasteiger partial charge in [0.25, 0.3) is 0 Å². The van der Waals surface area contributed by atoms with Gasteiger partial charge in [-0.2, -0.15) is 0 Å². The first-order valence-electron chi connectivity index (χ1n) is 8.87. The quantitative estimate of drug-likeness (QED) is 0.394. The van der Waals surface area contributed by atoms with Gasteiger partial charge in [-0.3, -0.25) is 0 Å². The van der Waals surface area contributed by atoms with Gasteiger partial charge in [0, 0.05) is 28.3 Å². The van der Waals surface area contributed by atoms with E-state index in [-0.39, 0.29) is 10.6 Å². The molecule has 0 saturated carbocycles. The monoisotopic (exact) mass is 465 g/mol. The first-order valence-corrected chi connectivity index (χ1v) is 10.0. The molecular weight excluding hydrogens is 449 g/mol. The lowest BCUT2D eigenvalue weighted by Crippen LogP contribution is -2.04. The standard InChI is InChI=1S/C22H18Cl3NO4/c1-29-20-8-14(11-26-16-5-6-18(24)17(9-16)22(27)28)19(25)10-21(20)30-12-13-3-2-4-15(23)7-13/h2-10,26H,11-12H2,1H3,(H,27,28). The summed E-state index contributed by atoms with van der Waals surface area (Å²) in [7, 11) is 1.55. The van der Waals surface area contributed by atoms with Crippen LogP contribution in [0.1, 0.15) is 21.5 Å². The van der Waals surface area contributed by atoms with Crippen LogP contribution in [0, 0.1) is 0 Å². The molecule has 30 heavy (non-hydrogen) atoms. The lowest BCUT2D eigenvalue weighted by Gasteiger charge is -2.15. The minimum absolute atomic E-state index is 0.0232. The summed E-state index contributed by atoms with van der Waals surface area (Å²) in [6.45, 7) is 0.665. The van der Waals surface area contributed by atoms with E-state index in [2.05, 4.69) is 5.32 Å². The van der Waals surface area contributed by atoms with Gasteiger partial charge in [0.15, 0.2) is 11.5 Å². The van der Waals surface area contributed by atoms with Gasteiger partial charge in [-0.1, -0.05) is 46.9 Å². The fourth-order valence-corrected chi connectivity index (χ4v) is 3.40. The van der Waals surface area contributed by atoms with Crippen molar-refractivity contribution in [1.82, 2.24) is 0 Å². The van der Waals surface area contributed by atoms with Crippen molar-refractivity contribution in [3.8, 4) is 11.5 Å². The van der Waals surface area contributed by atoms with E-state index in [1.165, 1.54) is 12.1 Å². The summed E-state index contributed by atoms with van der Waals surface area (Å²) >= 11 is 18.3. The molecule has 3 rings (SSSR count). The molecule has 0 amide bonds. The Morgan fingerprint density at radius 1 is 1.00 bits per heavy atom. The Kier molecular flexibility index (Phi) is 7.32. The van der Waals surface area contributed by atoms with Crippen molar-refractivity contribution in [3.05, 3.63) is 86.4 Å². The molecule has 8 heteroatoms. The summed E-state index contributed by atoms with van der Waals surface area (Å²) in [5.74, 6) is -0.0593. The largest absolute Gasteiger partial charge is 0.493 e. The van der Waals surface area contributed by atoms with Gasteiger partial charge in [-0.05, 0) is 47.5 Å². The maximum absolute atomic E-state index is 11.2. The molecule has 0 bridgehead atoms. The van der Waals surface area contributed by atoms with Crippen LogP contribution < -0.4 is 14.8 Å². The number of anilines is 1. The molecule has 0 fully saturated rings. The third-order valence-electron chi connectivity index (χ3n) is 4.30. The van der Waals surface area contributed by atoms with E-state index in [1.807, 2.05) is 18.2 Å². The minimum atomic E-state index is -1.09. The van der Waals surface area contributed by atoms with Crippen molar-refractivity contribution in [2.45, 2.75) is 13.2 Å². The van der Waals surface area contributed by atoms with Crippen molar-refractivity contribution in [2.24, 2.45) is 0 Å². The first-order chi connectivity index (χ1) is 14.4. The SMILES string of the molecule is COc1cc(CNc2ccc(Cl)c(C(=O)O)c2)c(Cl)cc1OCc1cccc(Cl)c1. The second-order valence-corrected chi connectivity index (χ2v) is 7.62. The number of halogens is 3. The number of benzene rings is 3. The van der Waals surface area contributed by atoms with Gasteiger partial charge in [0.05, 0.1) is 17.7 Å². The number of rotatable bonds is 8. The molecule has 0 aliphatic heterocycles. The average Bonchev–Trinajstić information content (AvgIpc) is 2.72. The molecule has 0 aliphatic carbocycles. The predicted molar refractivity (Wildman–Crippen MR) is 120 cm³/mol. The normalized spacial score (nSPS) is 10.5. The highest BCUT2D eigenvalue weighted by Crippen LogP contribution is 2.34. The van der Waals surface area contributed by atoms with Crippen molar-refractivity contribution in [2.75, 3.05) is 12.4 Å². The summed E-state index contributed by atoms with van der Waals surface area (Å²) < 4.78 is 11.3. The molecule has 2 N–H and O–H groups in total. The number of methoxy groups -OCH3 is 1. The van der Waals surface area contributed by atoms with Crippen LogP contribution in [0.2, 0.25) is 15.1 Å². The summed E-state index contributed by atoms with van der Waals surface area (Å²) in [5, 5.41) is 13.6. The van der Waals surface area contributed by atoms with E-state index in [0.29, 0.717) is 40.4 Å². The molecule has 0 heterocycles. The highest BCUT2D eigenvalue weighted by molar-refractivity contribution is 6.33. The Hall–Kier alpha value is -2.60. The van der Waals surface area contributed by atoms with Crippen LogP contribution >= 0.6 is 34.8 Å². The summed E-state index contributed by atoms with van der Waals surface area (Å²) in [4.78, 5) is 11.2. The van der Waals surface area contributed by atoms with E-state index >= 15 is 0 Å². The zero-order valence-electron chi connectivity index (χ0n) is 15.9. The molecule has 0 aliphatic rings. The molecule has 0 aromatic heterocycles. The highest BCUT2D eigenvalue weighted by Gasteiger charge is 2.13. The third kappa shape index (κ3) is 5.51. The Morgan fingerprint density at radius 3 is 2.50 bits per heavy atom. The predicted octanol–water partition coefficient (Wildman–Crippen LogP) is 6.54. The van der Waals surface area contributed by atoms with Crippen LogP contribution in [0.4, 0.5) is 5.69 Å². The molecule has 3 aromatic rings. The topological polar surface area (TPSA) is 67.8 Å². The minimum Gasteiger partial charge on any atom is -0.493 e. The molecule has 0 radical (unpaired) electrons. The summed E-state index contributed by atoms with van der Waals surface area (Å²) in [6.07, 6.45) is 0. The Balaban J connectivity index is 1.73. The number of hydrogen-bond donors (Lipinski definition) is 2. The molecule has 156 valence electrons. The molecular formula is C22H18Cl3NO4. The summed E-state index contributed by atoms with van der Waals surface area (Å²) in [6, 6.07) is 15.5. The maximum atomic E-state index is 11.2. The van der Waals surface area contributed by atoms with E-state index in [0.717, 1.165) is 11.1 Å². The van der Waals surface area contributed by atoms with E-state index in [1.54, 1.807) is 31.4 Å². The molecule has 5 nitrogen and oxygen atoms in total. The van der Waals surface area contributed by atoms with Crippen molar-refractivity contribution in [1.29, 1.82) is 0 Å². The number of carbonyl (C=O) groups is 1. The van der Waals surface area contributed by atoms with Gasteiger partial charge in [-0.15, -0.1) is 0 Å². The number of nitrogens with one attached hydrogen (secondary N) is 1. The number of ether oxygens (including phenoxy) is 2. The van der Waals surface area contributed by atoms with Gasteiger partial charge in [0.1, 0.15) is 6.61 Å². The first kappa shape index (κ1) is 22.1. The van der Waals surface area contributed by atoms with Gasteiger partial charge in [0.2, 0.25) is 0 Å². The zero-order valence-corrected chi connectivity index (χ0v) is 18.2. The van der Waals surface area contributed by atoms with Crippen LogP contribution in [0.5, 0.6) is 11.5 Å². The van der Waals surface area contributed by atoms with Gasteiger partial charge >= 0.3 is 5.97 Å². The number of aromatic carboxylic acids is 1. The fraction of sp³-hybridized carbons (Fsp3) is 0.136. The van der Waals surface area contributed by atoms with Crippen molar-refractivity contribution in [3.63, 3.8) is 0 Å². The van der Waals surface area contributed by atoms with Crippen LogP contribution in [0.15, 0.2) is 54.6 Å². The molecule has 0 spiro atoms. The Labute approximate surface area is 189 Å². The second-order valence-electron chi connectivity index (χ2n) is 6.37. The van der Waals surface area contributed by atoms with Crippen LogP contribution in [0.3, 0.4) is 0 Å². The van der Waals surface area contributed by atoms with E-state index < -0.39 is 5.97 Å². The third-order valence-corrected chi connectivity index (χ3v) is 5.21. The van der Waals surface area contributed by atoms with Gasteiger partial charge in [-0.25, -0.2) is 4.79 Å². The molecule has 3 aromatic carbocycles. The number of hydrogen-bond acceptors (Lipinski definition) is 4. The second kappa shape index (κ2) is 9.94. The molecule has 0 saturated heterocycles. The number of carboxylic acid groups (broad SMARTS) is 1. The lowest BCUT2D eigenvalue weighted by atomic mass is 10.1. The number of carboxylic acids is 1. The zero-order chi connectivity index (χ0) is 21.7. The average molecular weight is 467 g/mol. The molecule has 0 unspecified atom stereocenters. The smallest absolute Gasteiger partial charge is 0.337 e. The Bertz CT molecular complexity index is 1070. The fourth-order valence-electron chi connectivity index (χ4n) is 2.77. The van der Waals surface area contributed by atoms with Crippen LogP contribution in [-0.2, 0) is 13.2 Å². The molecule has 0 atom stereocenters. The van der Waals surface area contributed by atoms with Crippen LogP contribution in [-0.4, -0.2) is 18.2 Å². The van der Waals surface area contributed by atoms with E-state index in [9.17, 15) is 9.90 Å². The van der Waals surface area contributed by atoms with Crippen molar-refractivity contribution < 1.29 is 19.4 Å². The maximum Gasteiger partial charge on any atom is 0.337 e. The van der Waals surface area contributed by atoms with Crippen molar-refractivity contribution >= 4 is 46.5 Å². The highest BCUT2D eigenvalue weighted by atomic mass is 35.5. The lowest BCUT2D eigenvalue weighted by molar-refractivity contribution is 0.0697. The van der Waals surface area contributed by atoms with Gasteiger partial charge < -0.3 is 19.9 Å². The Morgan fingerprint density at radius 2 is 1.80 bits per heavy atom. The van der Waals surface area contributed by atoms with Crippen LogP contribution in [0.25, 0.3) is 0 Å².